The summed E-state index contributed by atoms with van der Waals surface area (Å²) in [5.41, 5.74) is 2.11. The molecule has 0 aliphatic carbocycles. The Labute approximate surface area is 195 Å². The molecular formula is C26H21N3O3S. The smallest absolute Gasteiger partial charge is 0.264 e. The first-order valence-electron chi connectivity index (χ1n) is 10.4. The second-order valence-electron chi connectivity index (χ2n) is 7.46. The summed E-state index contributed by atoms with van der Waals surface area (Å²) < 4.78 is 12.0. The number of ether oxygens (including phenoxy) is 2. The summed E-state index contributed by atoms with van der Waals surface area (Å²) in [6.07, 6.45) is 3.47. The summed E-state index contributed by atoms with van der Waals surface area (Å²) in [7, 11) is 3.20. The van der Waals surface area contributed by atoms with Crippen molar-refractivity contribution in [3.8, 4) is 11.5 Å². The Kier molecular flexibility index (Phi) is 5.62. The molecule has 164 valence electrons. The van der Waals surface area contributed by atoms with E-state index in [9.17, 15) is 4.79 Å². The van der Waals surface area contributed by atoms with Crippen LogP contribution in [0.5, 0.6) is 11.5 Å². The number of carbonyl (C=O) groups is 1. The van der Waals surface area contributed by atoms with Crippen LogP contribution in [0.2, 0.25) is 0 Å². The van der Waals surface area contributed by atoms with Crippen molar-refractivity contribution in [2.75, 3.05) is 19.1 Å². The minimum absolute atomic E-state index is 0.195. The fourth-order valence-corrected chi connectivity index (χ4v) is 4.77. The molecule has 0 bridgehead atoms. The van der Waals surface area contributed by atoms with Gasteiger partial charge in [0.05, 0.1) is 31.0 Å². The number of thiazole rings is 1. The number of carbonyl (C=O) groups excluding carboxylic acids is 1. The van der Waals surface area contributed by atoms with E-state index < -0.39 is 0 Å². The molecule has 7 heteroatoms. The van der Waals surface area contributed by atoms with Crippen molar-refractivity contribution in [2.24, 2.45) is 0 Å². The average Bonchev–Trinajstić information content (AvgIpc) is 3.31. The molecule has 5 rings (SSSR count). The van der Waals surface area contributed by atoms with Gasteiger partial charge in [-0.15, -0.1) is 0 Å². The molecule has 0 radical (unpaired) electrons. The van der Waals surface area contributed by atoms with E-state index in [1.807, 2.05) is 66.7 Å². The standard InChI is InChI=1S/C26H21N3O3S/c1-31-21-10-5-11-23-24(21)28-26(33-23)29(16-17-7-6-12-27-15-17)25(30)20-13-18-8-3-4-9-19(18)14-22(20)32-2/h3-15H,16H2,1-2H3. The molecule has 0 aliphatic rings. The molecule has 6 nitrogen and oxygen atoms in total. The van der Waals surface area contributed by atoms with Crippen LogP contribution in [0.25, 0.3) is 21.0 Å². The average molecular weight is 456 g/mol. The zero-order valence-corrected chi connectivity index (χ0v) is 19.0. The van der Waals surface area contributed by atoms with Crippen molar-refractivity contribution in [1.29, 1.82) is 0 Å². The van der Waals surface area contributed by atoms with Crippen LogP contribution in [0.1, 0.15) is 15.9 Å². The summed E-state index contributed by atoms with van der Waals surface area (Å²) >= 11 is 1.45. The van der Waals surface area contributed by atoms with Gasteiger partial charge >= 0.3 is 0 Å². The minimum Gasteiger partial charge on any atom is -0.496 e. The second-order valence-corrected chi connectivity index (χ2v) is 8.46. The van der Waals surface area contributed by atoms with E-state index in [4.69, 9.17) is 14.5 Å². The van der Waals surface area contributed by atoms with Crippen LogP contribution in [-0.4, -0.2) is 30.1 Å². The SMILES string of the molecule is COc1cc2ccccc2cc1C(=O)N(Cc1cccnc1)c1nc2c(OC)cccc2s1. The Morgan fingerprint density at radius 2 is 1.73 bits per heavy atom. The van der Waals surface area contributed by atoms with E-state index in [0.29, 0.717) is 28.7 Å². The number of rotatable bonds is 6. The molecule has 2 aromatic heterocycles. The number of hydrogen-bond donors (Lipinski definition) is 0. The highest BCUT2D eigenvalue weighted by molar-refractivity contribution is 7.22. The summed E-state index contributed by atoms with van der Waals surface area (Å²) in [4.78, 5) is 24.6. The first-order valence-corrected chi connectivity index (χ1v) is 11.2. The van der Waals surface area contributed by atoms with Crippen LogP contribution in [0.15, 0.2) is 79.1 Å². The Hall–Kier alpha value is -3.97. The maximum absolute atomic E-state index is 14.0. The Bertz CT molecular complexity index is 1450. The van der Waals surface area contributed by atoms with Gasteiger partial charge in [0.15, 0.2) is 5.13 Å². The molecular weight excluding hydrogens is 434 g/mol. The predicted molar refractivity (Wildman–Crippen MR) is 131 cm³/mol. The van der Waals surface area contributed by atoms with E-state index in [1.54, 1.807) is 31.5 Å². The number of amides is 1. The summed E-state index contributed by atoms with van der Waals surface area (Å²) in [5, 5.41) is 2.56. The number of benzene rings is 3. The highest BCUT2D eigenvalue weighted by Crippen LogP contribution is 2.36. The monoisotopic (exact) mass is 455 g/mol. The van der Waals surface area contributed by atoms with Crippen LogP contribution in [-0.2, 0) is 6.54 Å². The third kappa shape index (κ3) is 3.99. The number of pyridine rings is 1. The van der Waals surface area contributed by atoms with Gasteiger partial charge in [-0.1, -0.05) is 47.7 Å². The number of anilines is 1. The maximum atomic E-state index is 14.0. The van der Waals surface area contributed by atoms with Crippen LogP contribution in [0.3, 0.4) is 0 Å². The number of methoxy groups -OCH3 is 2. The fourth-order valence-electron chi connectivity index (χ4n) is 3.79. The van der Waals surface area contributed by atoms with Gasteiger partial charge in [0.25, 0.3) is 5.91 Å². The summed E-state index contributed by atoms with van der Waals surface area (Å²) in [5.74, 6) is 1.00. The number of aromatic nitrogens is 2. The van der Waals surface area contributed by atoms with Crippen LogP contribution < -0.4 is 14.4 Å². The largest absolute Gasteiger partial charge is 0.496 e. The molecule has 1 amide bonds. The van der Waals surface area contributed by atoms with Gasteiger partial charge in [-0.05, 0) is 46.7 Å². The minimum atomic E-state index is -0.195. The third-order valence-corrected chi connectivity index (χ3v) is 6.47. The molecule has 0 fully saturated rings. The van der Waals surface area contributed by atoms with Crippen molar-refractivity contribution in [3.63, 3.8) is 0 Å². The normalized spacial score (nSPS) is 11.0. The molecule has 0 aliphatic heterocycles. The number of nitrogens with zero attached hydrogens (tertiary/aromatic N) is 3. The molecule has 33 heavy (non-hydrogen) atoms. The lowest BCUT2D eigenvalue weighted by Gasteiger charge is -2.21. The first-order chi connectivity index (χ1) is 16.2. The molecule has 0 saturated carbocycles. The van der Waals surface area contributed by atoms with Crippen molar-refractivity contribution < 1.29 is 14.3 Å². The molecule has 0 N–H and O–H groups in total. The van der Waals surface area contributed by atoms with Crippen molar-refractivity contribution in [2.45, 2.75) is 6.54 Å². The lowest BCUT2D eigenvalue weighted by atomic mass is 10.0. The molecule has 5 aromatic rings. The maximum Gasteiger partial charge on any atom is 0.264 e. The van der Waals surface area contributed by atoms with Gasteiger partial charge in [0, 0.05) is 12.4 Å². The second kappa shape index (κ2) is 8.88. The molecule has 0 spiro atoms. The van der Waals surface area contributed by atoms with Crippen LogP contribution >= 0.6 is 11.3 Å². The number of fused-ring (bicyclic) bond motifs is 2. The van der Waals surface area contributed by atoms with E-state index in [2.05, 4.69) is 4.98 Å². The zero-order chi connectivity index (χ0) is 22.8. The van der Waals surface area contributed by atoms with Crippen LogP contribution in [0, 0.1) is 0 Å². The molecule has 0 unspecified atom stereocenters. The van der Waals surface area contributed by atoms with Gasteiger partial charge in [0.2, 0.25) is 0 Å². The van der Waals surface area contributed by atoms with E-state index in [1.165, 1.54) is 11.3 Å². The van der Waals surface area contributed by atoms with Gasteiger partial charge in [-0.25, -0.2) is 4.98 Å². The molecule has 0 atom stereocenters. The highest BCUT2D eigenvalue weighted by atomic mass is 32.1. The Morgan fingerprint density at radius 1 is 0.939 bits per heavy atom. The Morgan fingerprint density at radius 3 is 2.45 bits per heavy atom. The first kappa shape index (κ1) is 20.9. The summed E-state index contributed by atoms with van der Waals surface area (Å²) in [6.45, 7) is 0.324. The van der Waals surface area contributed by atoms with Gasteiger partial charge in [-0.3, -0.25) is 14.7 Å². The van der Waals surface area contributed by atoms with Crippen molar-refractivity contribution >= 4 is 43.4 Å². The molecule has 3 aromatic carbocycles. The summed E-state index contributed by atoms with van der Waals surface area (Å²) in [6, 6.07) is 21.2. The zero-order valence-electron chi connectivity index (χ0n) is 18.2. The van der Waals surface area contributed by atoms with Crippen molar-refractivity contribution in [3.05, 3.63) is 90.3 Å². The molecule has 2 heterocycles. The van der Waals surface area contributed by atoms with Gasteiger partial charge in [0.1, 0.15) is 17.0 Å². The van der Waals surface area contributed by atoms with Gasteiger partial charge < -0.3 is 9.47 Å². The van der Waals surface area contributed by atoms with E-state index >= 15 is 0 Å². The predicted octanol–water partition coefficient (Wildman–Crippen LogP) is 5.71. The van der Waals surface area contributed by atoms with E-state index in [0.717, 1.165) is 26.6 Å². The lowest BCUT2D eigenvalue weighted by molar-refractivity contribution is 0.0982. The number of hydrogen-bond acceptors (Lipinski definition) is 6. The van der Waals surface area contributed by atoms with Crippen LogP contribution in [0.4, 0.5) is 5.13 Å². The highest BCUT2D eigenvalue weighted by Gasteiger charge is 2.25. The third-order valence-electron chi connectivity index (χ3n) is 5.43. The van der Waals surface area contributed by atoms with Gasteiger partial charge in [-0.2, -0.15) is 0 Å². The number of para-hydroxylation sites is 1. The van der Waals surface area contributed by atoms with E-state index in [-0.39, 0.29) is 5.91 Å². The Balaban J connectivity index is 1.65. The quantitative estimate of drug-likeness (QED) is 0.328. The topological polar surface area (TPSA) is 64.5 Å². The fraction of sp³-hybridized carbons (Fsp3) is 0.115. The lowest BCUT2D eigenvalue weighted by Crippen LogP contribution is -2.30. The van der Waals surface area contributed by atoms with Crippen molar-refractivity contribution in [1.82, 2.24) is 9.97 Å². The molecule has 0 saturated heterocycles.